The second-order valence-corrected chi connectivity index (χ2v) is 3.22. The second kappa shape index (κ2) is 5.52. The molecule has 0 fully saturated rings. The Morgan fingerprint density at radius 2 is 2.00 bits per heavy atom. The molecule has 0 unspecified atom stereocenters. The molecule has 0 saturated carbocycles. The first-order valence-corrected chi connectivity index (χ1v) is 4.99. The summed E-state index contributed by atoms with van der Waals surface area (Å²) in [6, 6.07) is 5.27. The van der Waals surface area contributed by atoms with E-state index in [2.05, 4.69) is 4.74 Å². The van der Waals surface area contributed by atoms with Crippen LogP contribution in [0.3, 0.4) is 0 Å². The van der Waals surface area contributed by atoms with Crippen molar-refractivity contribution >= 4 is 5.78 Å². The third kappa shape index (κ3) is 4.30. The van der Waals surface area contributed by atoms with Crippen molar-refractivity contribution in [2.24, 2.45) is 0 Å². The number of allylic oxidation sites excluding steroid dienone is 2. The number of hydrogen-bond acceptors (Lipinski definition) is 2. The molecule has 0 bridgehead atoms. The van der Waals surface area contributed by atoms with Gasteiger partial charge in [-0.2, -0.15) is 0 Å². The molecule has 0 amide bonds. The highest BCUT2D eigenvalue weighted by Gasteiger charge is 2.32. The van der Waals surface area contributed by atoms with E-state index in [-0.39, 0.29) is 5.56 Å². The molecule has 0 spiro atoms. The van der Waals surface area contributed by atoms with Crippen molar-refractivity contribution in [3.63, 3.8) is 0 Å². The van der Waals surface area contributed by atoms with E-state index >= 15 is 0 Å². The summed E-state index contributed by atoms with van der Waals surface area (Å²) in [6.07, 6.45) is -1.36. The number of hydrogen-bond donors (Lipinski definition) is 0. The Labute approximate surface area is 96.7 Å². The average Bonchev–Trinajstić information content (AvgIpc) is 2.24. The third-order valence-electron chi connectivity index (χ3n) is 1.88. The Morgan fingerprint density at radius 3 is 2.59 bits per heavy atom. The van der Waals surface area contributed by atoms with E-state index in [9.17, 15) is 18.0 Å². The quantitative estimate of drug-likeness (QED) is 0.595. The molecule has 17 heavy (non-hydrogen) atoms. The first-order valence-electron chi connectivity index (χ1n) is 4.99. The van der Waals surface area contributed by atoms with Crippen LogP contribution < -0.4 is 4.74 Å². The molecule has 0 aromatic heterocycles. The molecule has 2 nitrogen and oxygen atoms in total. The predicted molar refractivity (Wildman–Crippen MR) is 56.9 cm³/mol. The number of carbonyl (C=O) groups is 1. The summed E-state index contributed by atoms with van der Waals surface area (Å²) in [5, 5.41) is 0. The molecule has 1 aromatic carbocycles. The summed E-state index contributed by atoms with van der Waals surface area (Å²) in [6.45, 7) is 1.82. The standard InChI is InChI=1S/C12H11F3O2/c1-2-3-7-10(16)9-6-4-5-8-11(9)17-12(13,14)15/h3-8H,2H2,1H3/b7-3+. The number of ether oxygens (including phenoxy) is 1. The minimum Gasteiger partial charge on any atom is -0.405 e. The Balaban J connectivity index is 2.99. The fraction of sp³-hybridized carbons (Fsp3) is 0.250. The maximum atomic E-state index is 12.1. The van der Waals surface area contributed by atoms with Gasteiger partial charge in [-0.15, -0.1) is 13.2 Å². The van der Waals surface area contributed by atoms with Gasteiger partial charge in [-0.25, -0.2) is 0 Å². The summed E-state index contributed by atoms with van der Waals surface area (Å²) in [5.41, 5.74) is -0.102. The fourth-order valence-electron chi connectivity index (χ4n) is 1.20. The molecule has 5 heteroatoms. The van der Waals surface area contributed by atoms with Gasteiger partial charge in [0.05, 0.1) is 5.56 Å². The zero-order valence-electron chi connectivity index (χ0n) is 9.12. The largest absolute Gasteiger partial charge is 0.573 e. The SMILES string of the molecule is CC/C=C/C(=O)c1ccccc1OC(F)(F)F. The Morgan fingerprint density at radius 1 is 1.35 bits per heavy atom. The maximum absolute atomic E-state index is 12.1. The van der Waals surface area contributed by atoms with Gasteiger partial charge < -0.3 is 4.74 Å². The van der Waals surface area contributed by atoms with Crippen LogP contribution in [0, 0.1) is 0 Å². The summed E-state index contributed by atoms with van der Waals surface area (Å²) in [5.74, 6) is -0.988. The molecule has 1 rings (SSSR count). The van der Waals surface area contributed by atoms with E-state index in [0.717, 1.165) is 6.07 Å². The van der Waals surface area contributed by atoms with Crippen molar-refractivity contribution in [3.05, 3.63) is 42.0 Å². The zero-order chi connectivity index (χ0) is 12.9. The summed E-state index contributed by atoms with van der Waals surface area (Å²) in [7, 11) is 0. The highest BCUT2D eigenvalue weighted by Crippen LogP contribution is 2.26. The molecule has 0 aliphatic rings. The lowest BCUT2D eigenvalue weighted by molar-refractivity contribution is -0.274. The topological polar surface area (TPSA) is 26.3 Å². The van der Waals surface area contributed by atoms with E-state index in [1.807, 2.05) is 6.92 Å². The average molecular weight is 244 g/mol. The van der Waals surface area contributed by atoms with E-state index in [1.54, 1.807) is 6.08 Å². The maximum Gasteiger partial charge on any atom is 0.573 e. The molecule has 1 aromatic rings. The summed E-state index contributed by atoms with van der Waals surface area (Å²) >= 11 is 0. The number of para-hydroxylation sites is 1. The number of halogens is 3. The van der Waals surface area contributed by atoms with Gasteiger partial charge in [0.1, 0.15) is 5.75 Å². The Bertz CT molecular complexity index is 422. The van der Waals surface area contributed by atoms with Crippen LogP contribution in [0.4, 0.5) is 13.2 Å². The molecular formula is C12H11F3O2. The van der Waals surface area contributed by atoms with Gasteiger partial charge in [0.15, 0.2) is 5.78 Å². The van der Waals surface area contributed by atoms with Crippen molar-refractivity contribution in [3.8, 4) is 5.75 Å². The zero-order valence-corrected chi connectivity index (χ0v) is 9.12. The Hall–Kier alpha value is -1.78. The van der Waals surface area contributed by atoms with E-state index < -0.39 is 17.9 Å². The van der Waals surface area contributed by atoms with Crippen LogP contribution in [0.5, 0.6) is 5.75 Å². The van der Waals surface area contributed by atoms with Gasteiger partial charge >= 0.3 is 6.36 Å². The molecule has 0 aliphatic heterocycles. The van der Waals surface area contributed by atoms with Crippen molar-refractivity contribution in [2.45, 2.75) is 19.7 Å². The van der Waals surface area contributed by atoms with Gasteiger partial charge in [0.25, 0.3) is 0 Å². The lowest BCUT2D eigenvalue weighted by atomic mass is 10.1. The molecule has 0 radical (unpaired) electrons. The van der Waals surface area contributed by atoms with E-state index in [0.29, 0.717) is 6.42 Å². The highest BCUT2D eigenvalue weighted by molar-refractivity contribution is 6.06. The van der Waals surface area contributed by atoms with Crippen LogP contribution in [-0.4, -0.2) is 12.1 Å². The van der Waals surface area contributed by atoms with E-state index in [4.69, 9.17) is 0 Å². The summed E-state index contributed by atoms with van der Waals surface area (Å²) < 4.78 is 40.0. The number of ketones is 1. The highest BCUT2D eigenvalue weighted by atomic mass is 19.4. The van der Waals surface area contributed by atoms with Gasteiger partial charge in [-0.3, -0.25) is 4.79 Å². The monoisotopic (exact) mass is 244 g/mol. The Kier molecular flexibility index (Phi) is 4.31. The molecule has 0 aliphatic carbocycles. The normalized spacial score (nSPS) is 11.8. The second-order valence-electron chi connectivity index (χ2n) is 3.22. The van der Waals surface area contributed by atoms with E-state index in [1.165, 1.54) is 24.3 Å². The molecule has 0 heterocycles. The minimum atomic E-state index is -4.80. The van der Waals surface area contributed by atoms with Crippen molar-refractivity contribution < 1.29 is 22.7 Å². The fourth-order valence-corrected chi connectivity index (χ4v) is 1.20. The number of rotatable bonds is 4. The number of benzene rings is 1. The van der Waals surface area contributed by atoms with Crippen LogP contribution in [0.1, 0.15) is 23.7 Å². The van der Waals surface area contributed by atoms with Crippen LogP contribution in [0.25, 0.3) is 0 Å². The predicted octanol–water partition coefficient (Wildman–Crippen LogP) is 3.73. The first kappa shape index (κ1) is 13.3. The van der Waals surface area contributed by atoms with Gasteiger partial charge in [0, 0.05) is 0 Å². The lowest BCUT2D eigenvalue weighted by Crippen LogP contribution is -2.18. The van der Waals surface area contributed by atoms with Crippen molar-refractivity contribution in [2.75, 3.05) is 0 Å². The van der Waals surface area contributed by atoms with Crippen LogP contribution >= 0.6 is 0 Å². The van der Waals surface area contributed by atoms with Gasteiger partial charge in [0.2, 0.25) is 0 Å². The molecule has 92 valence electrons. The molecular weight excluding hydrogens is 233 g/mol. The van der Waals surface area contributed by atoms with Crippen LogP contribution in [0.2, 0.25) is 0 Å². The molecule has 0 N–H and O–H groups in total. The van der Waals surface area contributed by atoms with Crippen molar-refractivity contribution in [1.29, 1.82) is 0 Å². The van der Waals surface area contributed by atoms with Gasteiger partial charge in [-0.05, 0) is 24.6 Å². The number of carbonyl (C=O) groups excluding carboxylic acids is 1. The molecule has 0 saturated heterocycles. The lowest BCUT2D eigenvalue weighted by Gasteiger charge is -2.11. The third-order valence-corrected chi connectivity index (χ3v) is 1.88. The smallest absolute Gasteiger partial charge is 0.405 e. The van der Waals surface area contributed by atoms with Crippen LogP contribution in [0.15, 0.2) is 36.4 Å². The van der Waals surface area contributed by atoms with Gasteiger partial charge in [-0.1, -0.05) is 25.1 Å². The summed E-state index contributed by atoms with van der Waals surface area (Å²) in [4.78, 5) is 11.6. The number of alkyl halides is 3. The van der Waals surface area contributed by atoms with Crippen molar-refractivity contribution in [1.82, 2.24) is 0 Å². The molecule has 0 atom stereocenters. The minimum absolute atomic E-state index is 0.102. The first-order chi connectivity index (χ1) is 7.94. The van der Waals surface area contributed by atoms with Crippen LogP contribution in [-0.2, 0) is 0 Å².